The van der Waals surface area contributed by atoms with E-state index in [2.05, 4.69) is 17.1 Å². The van der Waals surface area contributed by atoms with E-state index in [1.165, 1.54) is 0 Å². The second kappa shape index (κ2) is 7.57. The number of nitrogens with zero attached hydrogens (tertiary/aromatic N) is 1. The molecular weight excluding hydrogens is 264 g/mol. The molecule has 114 valence electrons. The lowest BCUT2D eigenvalue weighted by atomic mass is 9.96. The molecule has 1 heterocycles. The summed E-state index contributed by atoms with van der Waals surface area (Å²) in [5.41, 5.74) is -0.210. The van der Waals surface area contributed by atoms with Crippen LogP contribution in [0.15, 0.2) is 0 Å². The first-order chi connectivity index (χ1) is 8.91. The molecule has 0 saturated carbocycles. The Morgan fingerprint density at radius 3 is 2.47 bits per heavy atom. The van der Waals surface area contributed by atoms with Crippen molar-refractivity contribution in [3.63, 3.8) is 0 Å². The zero-order chi connectivity index (χ0) is 14.4. The van der Waals surface area contributed by atoms with Gasteiger partial charge in [-0.3, -0.25) is 0 Å². The zero-order valence-electron chi connectivity index (χ0n) is 12.2. The maximum absolute atomic E-state index is 11.3. The van der Waals surface area contributed by atoms with Crippen LogP contribution >= 0.6 is 0 Å². The molecule has 0 aromatic heterocycles. The van der Waals surface area contributed by atoms with E-state index in [4.69, 9.17) is 0 Å². The molecule has 0 aromatic carbocycles. The maximum atomic E-state index is 11.3. The second-order valence-corrected chi connectivity index (χ2v) is 8.05. The van der Waals surface area contributed by atoms with E-state index in [-0.39, 0.29) is 12.1 Å². The number of nitrogens with one attached hydrogen (secondary N) is 1. The molecule has 0 bridgehead atoms. The number of sulfone groups is 1. The molecule has 1 aliphatic rings. The molecule has 0 radical (unpaired) electrons. The topological polar surface area (TPSA) is 69.6 Å². The first-order valence-corrected chi connectivity index (χ1v) is 9.01. The molecular formula is C13H28N2O3S. The normalized spacial score (nSPS) is 23.1. The summed E-state index contributed by atoms with van der Waals surface area (Å²) in [6, 6.07) is 0. The van der Waals surface area contributed by atoms with Gasteiger partial charge in [0, 0.05) is 18.6 Å². The summed E-state index contributed by atoms with van der Waals surface area (Å²) in [5, 5.41) is 12.8. The summed E-state index contributed by atoms with van der Waals surface area (Å²) >= 11 is 0. The lowest BCUT2D eigenvalue weighted by Crippen LogP contribution is -2.47. The SMILES string of the molecule is CCCNC(C)(CO)CCCN1CCS(=O)(=O)CC1. The Balaban J connectivity index is 2.25. The Morgan fingerprint density at radius 1 is 1.32 bits per heavy atom. The average Bonchev–Trinajstić information content (AvgIpc) is 2.38. The van der Waals surface area contributed by atoms with Gasteiger partial charge in [0.25, 0.3) is 0 Å². The quantitative estimate of drug-likeness (QED) is 0.671. The van der Waals surface area contributed by atoms with Gasteiger partial charge in [0.2, 0.25) is 0 Å². The van der Waals surface area contributed by atoms with Gasteiger partial charge >= 0.3 is 0 Å². The van der Waals surface area contributed by atoms with E-state index in [1.54, 1.807) is 0 Å². The van der Waals surface area contributed by atoms with Gasteiger partial charge in [-0.1, -0.05) is 6.92 Å². The summed E-state index contributed by atoms with van der Waals surface area (Å²) in [7, 11) is -2.78. The molecule has 19 heavy (non-hydrogen) atoms. The van der Waals surface area contributed by atoms with E-state index in [1.807, 2.05) is 6.92 Å². The van der Waals surface area contributed by atoms with E-state index in [0.717, 1.165) is 32.4 Å². The molecule has 1 aliphatic heterocycles. The number of rotatable bonds is 8. The first-order valence-electron chi connectivity index (χ1n) is 7.19. The standard InChI is InChI=1S/C13H28N2O3S/c1-3-6-14-13(2,12-16)5-4-7-15-8-10-19(17,18)11-9-15/h14,16H,3-12H2,1-2H3. The average molecular weight is 292 g/mol. The Labute approximate surface area is 117 Å². The van der Waals surface area contributed by atoms with Crippen LogP contribution in [-0.4, -0.2) is 68.3 Å². The van der Waals surface area contributed by atoms with Crippen molar-refractivity contribution in [1.29, 1.82) is 0 Å². The van der Waals surface area contributed by atoms with Crippen LogP contribution in [0.3, 0.4) is 0 Å². The molecule has 1 saturated heterocycles. The highest BCUT2D eigenvalue weighted by Gasteiger charge is 2.24. The van der Waals surface area contributed by atoms with Crippen LogP contribution in [0.2, 0.25) is 0 Å². The maximum Gasteiger partial charge on any atom is 0.152 e. The fourth-order valence-electron chi connectivity index (χ4n) is 2.32. The minimum Gasteiger partial charge on any atom is -0.394 e. The minimum absolute atomic E-state index is 0.140. The molecule has 0 spiro atoms. The third-order valence-corrected chi connectivity index (χ3v) is 5.40. The molecule has 0 aromatic rings. The van der Waals surface area contributed by atoms with E-state index in [0.29, 0.717) is 24.6 Å². The van der Waals surface area contributed by atoms with Gasteiger partial charge < -0.3 is 15.3 Å². The number of hydrogen-bond acceptors (Lipinski definition) is 5. The van der Waals surface area contributed by atoms with Gasteiger partial charge in [-0.25, -0.2) is 8.42 Å². The highest BCUT2D eigenvalue weighted by molar-refractivity contribution is 7.91. The van der Waals surface area contributed by atoms with E-state index in [9.17, 15) is 13.5 Å². The monoisotopic (exact) mass is 292 g/mol. The first kappa shape index (κ1) is 16.9. The molecule has 6 heteroatoms. The molecule has 1 atom stereocenters. The van der Waals surface area contributed by atoms with E-state index >= 15 is 0 Å². The van der Waals surface area contributed by atoms with Crippen molar-refractivity contribution in [2.45, 2.75) is 38.6 Å². The molecule has 1 unspecified atom stereocenters. The van der Waals surface area contributed by atoms with Gasteiger partial charge in [0.1, 0.15) is 0 Å². The summed E-state index contributed by atoms with van der Waals surface area (Å²) in [6.45, 7) is 7.43. The van der Waals surface area contributed by atoms with Gasteiger partial charge in [-0.2, -0.15) is 0 Å². The van der Waals surface area contributed by atoms with Crippen LogP contribution < -0.4 is 5.32 Å². The van der Waals surface area contributed by atoms with Crippen LogP contribution in [-0.2, 0) is 9.84 Å². The summed E-state index contributed by atoms with van der Waals surface area (Å²) in [4.78, 5) is 2.21. The lowest BCUT2D eigenvalue weighted by Gasteiger charge is -2.31. The Morgan fingerprint density at radius 2 is 1.95 bits per heavy atom. The van der Waals surface area contributed by atoms with Crippen molar-refractivity contribution in [2.24, 2.45) is 0 Å². The van der Waals surface area contributed by atoms with Crippen LogP contribution in [0.5, 0.6) is 0 Å². The van der Waals surface area contributed by atoms with Crippen LogP contribution in [0.25, 0.3) is 0 Å². The summed E-state index contributed by atoms with van der Waals surface area (Å²) in [6.07, 6.45) is 2.94. The Kier molecular flexibility index (Phi) is 6.73. The van der Waals surface area contributed by atoms with Gasteiger partial charge in [0.05, 0.1) is 18.1 Å². The second-order valence-electron chi connectivity index (χ2n) is 5.74. The van der Waals surface area contributed by atoms with Gasteiger partial charge in [-0.05, 0) is 39.3 Å². The van der Waals surface area contributed by atoms with Crippen LogP contribution in [0.4, 0.5) is 0 Å². The predicted octanol–water partition coefficient (Wildman–Crippen LogP) is 0.248. The van der Waals surface area contributed by atoms with Crippen LogP contribution in [0, 0.1) is 0 Å². The minimum atomic E-state index is -2.78. The summed E-state index contributed by atoms with van der Waals surface area (Å²) < 4.78 is 22.6. The molecule has 5 nitrogen and oxygen atoms in total. The number of aliphatic hydroxyl groups is 1. The summed E-state index contributed by atoms with van der Waals surface area (Å²) in [5.74, 6) is 0.580. The predicted molar refractivity (Wildman–Crippen MR) is 78.1 cm³/mol. The van der Waals surface area contributed by atoms with Crippen LogP contribution in [0.1, 0.15) is 33.1 Å². The smallest absolute Gasteiger partial charge is 0.152 e. The van der Waals surface area contributed by atoms with Crippen molar-refractivity contribution in [2.75, 3.05) is 44.3 Å². The van der Waals surface area contributed by atoms with E-state index < -0.39 is 9.84 Å². The van der Waals surface area contributed by atoms with Gasteiger partial charge in [0.15, 0.2) is 9.84 Å². The molecule has 2 N–H and O–H groups in total. The third kappa shape index (κ3) is 6.21. The highest BCUT2D eigenvalue weighted by Crippen LogP contribution is 2.13. The Bertz CT molecular complexity index is 345. The Hall–Kier alpha value is -0.170. The molecule has 1 rings (SSSR count). The van der Waals surface area contributed by atoms with Crippen molar-refractivity contribution < 1.29 is 13.5 Å². The number of hydrogen-bond donors (Lipinski definition) is 2. The number of aliphatic hydroxyl groups excluding tert-OH is 1. The van der Waals surface area contributed by atoms with Gasteiger partial charge in [-0.15, -0.1) is 0 Å². The lowest BCUT2D eigenvalue weighted by molar-refractivity contribution is 0.157. The van der Waals surface area contributed by atoms with Crippen molar-refractivity contribution in [3.8, 4) is 0 Å². The fraction of sp³-hybridized carbons (Fsp3) is 1.00. The zero-order valence-corrected chi connectivity index (χ0v) is 13.0. The molecule has 1 fully saturated rings. The molecule has 0 amide bonds. The molecule has 0 aliphatic carbocycles. The van der Waals surface area contributed by atoms with Crippen molar-refractivity contribution in [1.82, 2.24) is 10.2 Å². The van der Waals surface area contributed by atoms with Crippen molar-refractivity contribution >= 4 is 9.84 Å². The van der Waals surface area contributed by atoms with Crippen molar-refractivity contribution in [3.05, 3.63) is 0 Å². The highest BCUT2D eigenvalue weighted by atomic mass is 32.2. The third-order valence-electron chi connectivity index (χ3n) is 3.79. The largest absolute Gasteiger partial charge is 0.394 e. The fourth-order valence-corrected chi connectivity index (χ4v) is 3.59.